The molecular weight excluding hydrogens is 344 g/mol. The molecule has 5 nitrogen and oxygen atoms in total. The van der Waals surface area contributed by atoms with E-state index in [4.69, 9.17) is 9.47 Å². The minimum absolute atomic E-state index is 0.112. The topological polar surface area (TPSA) is 76.0 Å². The second-order valence-corrected chi connectivity index (χ2v) is 9.26. The van der Waals surface area contributed by atoms with E-state index in [1.54, 1.807) is 21.0 Å². The summed E-state index contributed by atoms with van der Waals surface area (Å²) in [6.45, 7) is 7.57. The van der Waals surface area contributed by atoms with Crippen LogP contribution in [-0.2, 0) is 14.3 Å². The van der Waals surface area contributed by atoms with E-state index in [2.05, 4.69) is 19.9 Å². The Bertz CT molecular complexity index is 656. The lowest BCUT2D eigenvalue weighted by molar-refractivity contribution is -0.122. The highest BCUT2D eigenvalue weighted by molar-refractivity contribution is 5.97. The molecule has 1 aliphatic heterocycles. The van der Waals surface area contributed by atoms with Gasteiger partial charge in [0.1, 0.15) is 17.5 Å². The lowest BCUT2D eigenvalue weighted by Crippen LogP contribution is -2.44. The quantitative estimate of drug-likeness (QED) is 0.694. The molecule has 0 aromatic rings. The predicted octanol–water partition coefficient (Wildman–Crippen LogP) is 3.29. The van der Waals surface area contributed by atoms with Gasteiger partial charge in [-0.1, -0.05) is 18.6 Å². The summed E-state index contributed by atoms with van der Waals surface area (Å²) < 4.78 is 12.0. The minimum atomic E-state index is -1.09. The Morgan fingerprint density at radius 2 is 2.11 bits per heavy atom. The number of Topliss-reactive ketones (excluding diaryl/α,β-unsaturated/α-hetero) is 1. The second kappa shape index (κ2) is 7.34. The van der Waals surface area contributed by atoms with Crippen LogP contribution in [0.4, 0.5) is 0 Å². The number of hydrogen-bond donors (Lipinski definition) is 2. The van der Waals surface area contributed by atoms with E-state index in [-0.39, 0.29) is 29.3 Å². The summed E-state index contributed by atoms with van der Waals surface area (Å²) in [6.07, 6.45) is 5.51. The third-order valence-electron chi connectivity index (χ3n) is 6.74. The molecule has 0 unspecified atom stereocenters. The van der Waals surface area contributed by atoms with Gasteiger partial charge in [-0.05, 0) is 52.4 Å². The molecule has 1 heterocycles. The van der Waals surface area contributed by atoms with Crippen LogP contribution in [-0.4, -0.2) is 46.5 Å². The van der Waals surface area contributed by atoms with Crippen LogP contribution in [0.25, 0.3) is 0 Å². The Hall–Kier alpha value is -1.17. The average Bonchev–Trinajstić information content (AvgIpc) is 2.94. The zero-order chi connectivity index (χ0) is 20.0. The second-order valence-electron chi connectivity index (χ2n) is 9.26. The smallest absolute Gasteiger partial charge is 0.162 e. The highest BCUT2D eigenvalue weighted by Gasteiger charge is 2.50. The standard InChI is InChI=1S/C22H34O5/c1-13(6-9-19(24)21(2,3)25)14-10-11-22(4)16(14)12-15-17(23)7-8-18(26-5)20(15)27-22/h10,13,16,18-19,24-25H,6-9,11-12H2,1-5H3/t13-,16-,18-,19+,22+/m1/s1. The largest absolute Gasteiger partial charge is 0.488 e. The number of methoxy groups -OCH3 is 1. The van der Waals surface area contributed by atoms with Crippen molar-refractivity contribution < 1.29 is 24.5 Å². The van der Waals surface area contributed by atoms with Crippen LogP contribution in [0.15, 0.2) is 23.0 Å². The molecule has 0 bridgehead atoms. The molecule has 5 heteroatoms. The Morgan fingerprint density at radius 3 is 2.74 bits per heavy atom. The van der Waals surface area contributed by atoms with E-state index < -0.39 is 11.7 Å². The van der Waals surface area contributed by atoms with Crippen molar-refractivity contribution >= 4 is 5.78 Å². The first-order chi connectivity index (χ1) is 12.6. The lowest BCUT2D eigenvalue weighted by atomic mass is 9.73. The lowest BCUT2D eigenvalue weighted by Gasteiger charge is -2.44. The van der Waals surface area contributed by atoms with Gasteiger partial charge >= 0.3 is 0 Å². The molecule has 152 valence electrons. The van der Waals surface area contributed by atoms with Gasteiger partial charge in [0.2, 0.25) is 0 Å². The van der Waals surface area contributed by atoms with Crippen molar-refractivity contribution in [2.75, 3.05) is 7.11 Å². The van der Waals surface area contributed by atoms with Crippen molar-refractivity contribution in [3.05, 3.63) is 23.0 Å². The SMILES string of the molecule is CO[C@@H]1CCC(=O)C2=C1O[C@@]1(C)CC=C([C@H](C)CC[C@H](O)C(C)(C)O)[C@H]1C2. The van der Waals surface area contributed by atoms with E-state index >= 15 is 0 Å². The third kappa shape index (κ3) is 3.87. The van der Waals surface area contributed by atoms with Crippen molar-refractivity contribution in [3.63, 3.8) is 0 Å². The highest BCUT2D eigenvalue weighted by Crippen LogP contribution is 2.52. The molecule has 27 heavy (non-hydrogen) atoms. The van der Waals surface area contributed by atoms with Crippen LogP contribution in [0, 0.1) is 11.8 Å². The maximum Gasteiger partial charge on any atom is 0.162 e. The first-order valence-electron chi connectivity index (χ1n) is 10.1. The first kappa shape index (κ1) is 20.6. The van der Waals surface area contributed by atoms with E-state index in [1.807, 2.05) is 0 Å². The van der Waals surface area contributed by atoms with Crippen molar-refractivity contribution in [3.8, 4) is 0 Å². The first-order valence-corrected chi connectivity index (χ1v) is 10.1. The van der Waals surface area contributed by atoms with Gasteiger partial charge in [0, 0.05) is 31.4 Å². The Labute approximate surface area is 162 Å². The van der Waals surface area contributed by atoms with E-state index in [1.165, 1.54) is 5.57 Å². The van der Waals surface area contributed by atoms with Crippen molar-refractivity contribution in [1.29, 1.82) is 0 Å². The number of rotatable bonds is 6. The van der Waals surface area contributed by atoms with Crippen molar-refractivity contribution in [2.24, 2.45) is 11.8 Å². The summed E-state index contributed by atoms with van der Waals surface area (Å²) in [7, 11) is 1.68. The van der Waals surface area contributed by atoms with Gasteiger partial charge in [-0.2, -0.15) is 0 Å². The Morgan fingerprint density at radius 1 is 1.41 bits per heavy atom. The van der Waals surface area contributed by atoms with Gasteiger partial charge in [0.25, 0.3) is 0 Å². The molecule has 2 N–H and O–H groups in total. The number of aliphatic hydroxyl groups is 2. The fourth-order valence-corrected chi connectivity index (χ4v) is 4.77. The van der Waals surface area contributed by atoms with Crippen molar-refractivity contribution in [1.82, 2.24) is 0 Å². The number of hydrogen-bond acceptors (Lipinski definition) is 5. The van der Waals surface area contributed by atoms with E-state index in [9.17, 15) is 15.0 Å². The summed E-state index contributed by atoms with van der Waals surface area (Å²) >= 11 is 0. The molecule has 0 aromatic carbocycles. The average molecular weight is 379 g/mol. The predicted molar refractivity (Wildman–Crippen MR) is 103 cm³/mol. The van der Waals surface area contributed by atoms with Gasteiger partial charge in [-0.3, -0.25) is 4.79 Å². The monoisotopic (exact) mass is 378 g/mol. The van der Waals surface area contributed by atoms with Crippen LogP contribution >= 0.6 is 0 Å². The zero-order valence-corrected chi connectivity index (χ0v) is 17.2. The molecule has 0 amide bonds. The molecule has 0 aromatic heterocycles. The van der Waals surface area contributed by atoms with Gasteiger partial charge in [-0.25, -0.2) is 0 Å². The molecule has 0 fully saturated rings. The molecular formula is C22H34O5. The van der Waals surface area contributed by atoms with E-state index in [0.717, 1.165) is 30.6 Å². The van der Waals surface area contributed by atoms with Crippen LogP contribution in [0.1, 0.15) is 66.2 Å². The molecule has 2 aliphatic carbocycles. The van der Waals surface area contributed by atoms with Gasteiger partial charge in [0.05, 0.1) is 11.7 Å². The van der Waals surface area contributed by atoms with Gasteiger partial charge in [0.15, 0.2) is 5.78 Å². The molecule has 0 saturated carbocycles. The maximum atomic E-state index is 12.5. The molecule has 5 atom stereocenters. The molecule has 3 rings (SSSR count). The van der Waals surface area contributed by atoms with Crippen LogP contribution in [0.5, 0.6) is 0 Å². The zero-order valence-electron chi connectivity index (χ0n) is 17.2. The number of ether oxygens (including phenoxy) is 2. The van der Waals surface area contributed by atoms with Crippen LogP contribution < -0.4 is 0 Å². The molecule has 0 radical (unpaired) electrons. The third-order valence-corrected chi connectivity index (χ3v) is 6.74. The van der Waals surface area contributed by atoms with Crippen molar-refractivity contribution in [2.45, 2.75) is 89.6 Å². The normalized spacial score (nSPS) is 33.1. The number of aliphatic hydroxyl groups excluding tert-OH is 1. The summed E-state index contributed by atoms with van der Waals surface area (Å²) in [5.74, 6) is 1.41. The summed E-state index contributed by atoms with van der Waals surface area (Å²) in [6, 6.07) is 0. The Kier molecular flexibility index (Phi) is 5.59. The van der Waals surface area contributed by atoms with Crippen LogP contribution in [0.3, 0.4) is 0 Å². The fourth-order valence-electron chi connectivity index (χ4n) is 4.77. The van der Waals surface area contributed by atoms with Gasteiger partial charge < -0.3 is 19.7 Å². The summed E-state index contributed by atoms with van der Waals surface area (Å²) in [4.78, 5) is 12.5. The number of fused-ring (bicyclic) bond motifs is 1. The Balaban J connectivity index is 1.75. The molecule has 0 saturated heterocycles. The van der Waals surface area contributed by atoms with E-state index in [0.29, 0.717) is 19.3 Å². The van der Waals surface area contributed by atoms with Crippen LogP contribution in [0.2, 0.25) is 0 Å². The number of ketones is 1. The number of carbonyl (C=O) groups excluding carboxylic acids is 1. The number of carbonyl (C=O) groups is 1. The summed E-state index contributed by atoms with van der Waals surface area (Å²) in [5.41, 5.74) is 0.716. The highest BCUT2D eigenvalue weighted by atomic mass is 16.5. The molecule has 3 aliphatic rings. The number of allylic oxidation sites excluding steroid dienone is 1. The summed E-state index contributed by atoms with van der Waals surface area (Å²) in [5, 5.41) is 20.1. The fraction of sp³-hybridized carbons (Fsp3) is 0.773. The van der Waals surface area contributed by atoms with Gasteiger partial charge in [-0.15, -0.1) is 0 Å². The minimum Gasteiger partial charge on any atom is -0.488 e. The maximum absolute atomic E-state index is 12.5. The molecule has 0 spiro atoms.